The molecule has 0 aromatic carbocycles. The monoisotopic (exact) mass is 207 g/mol. The Morgan fingerprint density at radius 2 is 2.20 bits per heavy atom. The highest BCUT2D eigenvalue weighted by molar-refractivity contribution is 5.93. The van der Waals surface area contributed by atoms with Crippen molar-refractivity contribution in [2.45, 2.75) is 13.3 Å². The Morgan fingerprint density at radius 1 is 1.53 bits per heavy atom. The Balaban J connectivity index is 2.37. The second-order valence-corrected chi connectivity index (χ2v) is 3.63. The summed E-state index contributed by atoms with van der Waals surface area (Å²) in [5, 5.41) is 2.86. The highest BCUT2D eigenvalue weighted by atomic mass is 16.1. The predicted molar refractivity (Wildman–Crippen MR) is 59.4 cm³/mol. The first-order chi connectivity index (χ1) is 7.24. The molecule has 0 saturated heterocycles. The van der Waals surface area contributed by atoms with E-state index in [9.17, 15) is 4.79 Å². The van der Waals surface area contributed by atoms with Crippen LogP contribution >= 0.6 is 0 Å². The molecule has 0 aliphatic heterocycles. The number of nitrogens with two attached hydrogens (primary N) is 1. The first-order valence-electron chi connectivity index (χ1n) is 5.12. The topological polar surface area (TPSA) is 68.0 Å². The van der Waals surface area contributed by atoms with Gasteiger partial charge in [0.1, 0.15) is 0 Å². The normalized spacial score (nSPS) is 12.1. The Morgan fingerprint density at radius 3 is 2.80 bits per heavy atom. The molecule has 0 aliphatic carbocycles. The molecule has 1 unspecified atom stereocenters. The molecule has 4 nitrogen and oxygen atoms in total. The van der Waals surface area contributed by atoms with E-state index in [2.05, 4.69) is 17.2 Å². The fourth-order valence-corrected chi connectivity index (χ4v) is 1.26. The Kier molecular flexibility index (Phi) is 4.77. The highest BCUT2D eigenvalue weighted by Gasteiger charge is 2.06. The quantitative estimate of drug-likeness (QED) is 0.750. The summed E-state index contributed by atoms with van der Waals surface area (Å²) in [6.45, 7) is 3.39. The molecule has 1 atom stereocenters. The van der Waals surface area contributed by atoms with Crippen molar-refractivity contribution in [3.05, 3.63) is 30.1 Å². The van der Waals surface area contributed by atoms with E-state index in [4.69, 9.17) is 5.73 Å². The number of aromatic nitrogens is 1. The maximum absolute atomic E-state index is 11.6. The number of carbonyl (C=O) groups is 1. The van der Waals surface area contributed by atoms with Gasteiger partial charge >= 0.3 is 0 Å². The van der Waals surface area contributed by atoms with Crippen LogP contribution in [0, 0.1) is 5.92 Å². The van der Waals surface area contributed by atoms with Gasteiger partial charge in [0.05, 0.1) is 0 Å². The van der Waals surface area contributed by atoms with Crippen molar-refractivity contribution >= 4 is 5.91 Å². The predicted octanol–water partition coefficient (Wildman–Crippen LogP) is 0.796. The SMILES string of the molecule is CC(CCN)CNC(=O)c1ccncc1. The maximum atomic E-state index is 11.6. The van der Waals surface area contributed by atoms with Crippen LogP contribution in [0.2, 0.25) is 0 Å². The molecule has 1 amide bonds. The molecule has 1 aromatic rings. The molecule has 0 bridgehead atoms. The average Bonchev–Trinajstić information content (AvgIpc) is 2.27. The average molecular weight is 207 g/mol. The summed E-state index contributed by atoms with van der Waals surface area (Å²) in [7, 11) is 0. The maximum Gasteiger partial charge on any atom is 0.251 e. The van der Waals surface area contributed by atoms with Crippen LogP contribution in [-0.2, 0) is 0 Å². The lowest BCUT2D eigenvalue weighted by Gasteiger charge is -2.11. The molecule has 1 aromatic heterocycles. The largest absolute Gasteiger partial charge is 0.352 e. The minimum Gasteiger partial charge on any atom is -0.352 e. The molecule has 15 heavy (non-hydrogen) atoms. The van der Waals surface area contributed by atoms with Crippen LogP contribution in [0.5, 0.6) is 0 Å². The molecule has 82 valence electrons. The van der Waals surface area contributed by atoms with Crippen molar-refractivity contribution in [3.8, 4) is 0 Å². The van der Waals surface area contributed by atoms with Crippen molar-refractivity contribution in [2.75, 3.05) is 13.1 Å². The summed E-state index contributed by atoms with van der Waals surface area (Å²) < 4.78 is 0. The number of carbonyl (C=O) groups excluding carboxylic acids is 1. The third-order valence-electron chi connectivity index (χ3n) is 2.21. The van der Waals surface area contributed by atoms with E-state index in [1.807, 2.05) is 0 Å². The van der Waals surface area contributed by atoms with Crippen LogP contribution in [0.1, 0.15) is 23.7 Å². The first-order valence-corrected chi connectivity index (χ1v) is 5.12. The van der Waals surface area contributed by atoms with Crippen LogP contribution in [0.25, 0.3) is 0 Å². The van der Waals surface area contributed by atoms with Crippen LogP contribution in [0.15, 0.2) is 24.5 Å². The van der Waals surface area contributed by atoms with E-state index in [0.29, 0.717) is 24.6 Å². The molecule has 1 rings (SSSR count). The summed E-state index contributed by atoms with van der Waals surface area (Å²) in [5.74, 6) is 0.363. The van der Waals surface area contributed by atoms with Crippen molar-refractivity contribution < 1.29 is 4.79 Å². The van der Waals surface area contributed by atoms with E-state index >= 15 is 0 Å². The molecule has 4 heteroatoms. The van der Waals surface area contributed by atoms with Gasteiger partial charge in [0.15, 0.2) is 0 Å². The zero-order chi connectivity index (χ0) is 11.1. The van der Waals surface area contributed by atoms with Gasteiger partial charge in [-0.25, -0.2) is 0 Å². The number of hydrogen-bond donors (Lipinski definition) is 2. The minimum atomic E-state index is -0.0544. The van der Waals surface area contributed by atoms with Crippen LogP contribution in [0.3, 0.4) is 0 Å². The molecule has 0 radical (unpaired) electrons. The molecule has 0 aliphatic rings. The second-order valence-electron chi connectivity index (χ2n) is 3.63. The number of nitrogens with one attached hydrogen (secondary N) is 1. The molecule has 0 fully saturated rings. The van der Waals surface area contributed by atoms with Crippen LogP contribution < -0.4 is 11.1 Å². The van der Waals surface area contributed by atoms with Gasteiger partial charge in [0, 0.05) is 24.5 Å². The van der Waals surface area contributed by atoms with Gasteiger partial charge in [-0.3, -0.25) is 9.78 Å². The van der Waals surface area contributed by atoms with E-state index < -0.39 is 0 Å². The number of nitrogens with zero attached hydrogens (tertiary/aromatic N) is 1. The van der Waals surface area contributed by atoms with E-state index in [0.717, 1.165) is 6.42 Å². The van der Waals surface area contributed by atoms with Crippen molar-refractivity contribution in [3.63, 3.8) is 0 Å². The van der Waals surface area contributed by atoms with Gasteiger partial charge in [0.25, 0.3) is 5.91 Å². The van der Waals surface area contributed by atoms with Gasteiger partial charge in [0.2, 0.25) is 0 Å². The fourth-order valence-electron chi connectivity index (χ4n) is 1.26. The lowest BCUT2D eigenvalue weighted by molar-refractivity contribution is 0.0947. The summed E-state index contributed by atoms with van der Waals surface area (Å²) in [4.78, 5) is 15.4. The number of amides is 1. The Hall–Kier alpha value is -1.42. The lowest BCUT2D eigenvalue weighted by Crippen LogP contribution is -2.29. The first kappa shape index (κ1) is 11.7. The van der Waals surface area contributed by atoms with E-state index in [-0.39, 0.29) is 5.91 Å². The van der Waals surface area contributed by atoms with Crippen molar-refractivity contribution in [2.24, 2.45) is 11.7 Å². The summed E-state index contributed by atoms with van der Waals surface area (Å²) in [5.41, 5.74) is 6.07. The zero-order valence-electron chi connectivity index (χ0n) is 8.94. The standard InChI is InChI=1S/C11H17N3O/c1-9(2-5-12)8-14-11(15)10-3-6-13-7-4-10/h3-4,6-7,9H,2,5,8,12H2,1H3,(H,14,15). The van der Waals surface area contributed by atoms with Crippen LogP contribution in [-0.4, -0.2) is 24.0 Å². The van der Waals surface area contributed by atoms with E-state index in [1.165, 1.54) is 0 Å². The minimum absolute atomic E-state index is 0.0544. The number of pyridine rings is 1. The molecular formula is C11H17N3O. The van der Waals surface area contributed by atoms with Crippen molar-refractivity contribution in [1.82, 2.24) is 10.3 Å². The molecule has 1 heterocycles. The van der Waals surface area contributed by atoms with Crippen LogP contribution in [0.4, 0.5) is 0 Å². The molecule has 0 spiro atoms. The third-order valence-corrected chi connectivity index (χ3v) is 2.21. The highest BCUT2D eigenvalue weighted by Crippen LogP contribution is 2.00. The smallest absolute Gasteiger partial charge is 0.251 e. The summed E-state index contributed by atoms with van der Waals surface area (Å²) in [6, 6.07) is 3.39. The van der Waals surface area contributed by atoms with Gasteiger partial charge in [-0.05, 0) is 31.0 Å². The Labute approximate surface area is 89.9 Å². The fraction of sp³-hybridized carbons (Fsp3) is 0.455. The Bertz CT molecular complexity index is 300. The van der Waals surface area contributed by atoms with Gasteiger partial charge < -0.3 is 11.1 Å². The van der Waals surface area contributed by atoms with Gasteiger partial charge in [-0.2, -0.15) is 0 Å². The zero-order valence-corrected chi connectivity index (χ0v) is 8.94. The molecular weight excluding hydrogens is 190 g/mol. The second kappa shape index (κ2) is 6.14. The molecule has 3 N–H and O–H groups in total. The van der Waals surface area contributed by atoms with Gasteiger partial charge in [-0.1, -0.05) is 6.92 Å². The number of rotatable bonds is 5. The number of hydrogen-bond acceptors (Lipinski definition) is 3. The third kappa shape index (κ3) is 4.08. The van der Waals surface area contributed by atoms with Crippen molar-refractivity contribution in [1.29, 1.82) is 0 Å². The molecule has 0 saturated carbocycles. The lowest BCUT2D eigenvalue weighted by atomic mass is 10.1. The van der Waals surface area contributed by atoms with E-state index in [1.54, 1.807) is 24.5 Å². The summed E-state index contributed by atoms with van der Waals surface area (Å²) in [6.07, 6.45) is 4.15. The van der Waals surface area contributed by atoms with Gasteiger partial charge in [-0.15, -0.1) is 0 Å². The summed E-state index contributed by atoms with van der Waals surface area (Å²) >= 11 is 0.